The van der Waals surface area contributed by atoms with E-state index in [-0.39, 0.29) is 5.82 Å². The van der Waals surface area contributed by atoms with Gasteiger partial charge in [-0.25, -0.2) is 14.4 Å². The molecule has 0 bridgehead atoms. The van der Waals surface area contributed by atoms with Gasteiger partial charge in [-0.15, -0.1) is 0 Å². The van der Waals surface area contributed by atoms with E-state index in [1.54, 1.807) is 6.92 Å². The normalized spacial score (nSPS) is 10.3. The van der Waals surface area contributed by atoms with Gasteiger partial charge in [0.25, 0.3) is 0 Å². The summed E-state index contributed by atoms with van der Waals surface area (Å²) >= 11 is 3.32. The van der Waals surface area contributed by atoms with Crippen LogP contribution in [-0.2, 0) is 0 Å². The molecule has 0 N–H and O–H groups in total. The lowest BCUT2D eigenvalue weighted by Crippen LogP contribution is -2.27. The Labute approximate surface area is 91.5 Å². The third-order valence-electron chi connectivity index (χ3n) is 1.98. The lowest BCUT2D eigenvalue weighted by Gasteiger charge is -2.21. The molecule has 0 unspecified atom stereocenters. The van der Waals surface area contributed by atoms with Crippen molar-refractivity contribution >= 4 is 21.7 Å². The molecular weight excluding hydrogens is 249 g/mol. The first-order valence-electron chi connectivity index (χ1n) is 4.48. The van der Waals surface area contributed by atoms with Crippen molar-refractivity contribution in [1.82, 2.24) is 9.97 Å². The number of halogens is 2. The zero-order valence-electron chi connectivity index (χ0n) is 8.30. The van der Waals surface area contributed by atoms with E-state index in [9.17, 15) is 4.39 Å². The van der Waals surface area contributed by atoms with Crippen molar-refractivity contribution in [2.75, 3.05) is 23.3 Å². The molecule has 0 aliphatic heterocycles. The Morgan fingerprint density at radius 2 is 2.21 bits per heavy atom. The van der Waals surface area contributed by atoms with Gasteiger partial charge in [0.15, 0.2) is 11.6 Å². The van der Waals surface area contributed by atoms with Gasteiger partial charge in [0.05, 0.1) is 5.69 Å². The number of hydrogen-bond donors (Lipinski definition) is 0. The Hall–Kier alpha value is -0.710. The number of aromatic nitrogens is 2. The summed E-state index contributed by atoms with van der Waals surface area (Å²) in [7, 11) is 0. The molecule has 3 nitrogen and oxygen atoms in total. The molecule has 14 heavy (non-hydrogen) atoms. The Morgan fingerprint density at radius 3 is 2.79 bits per heavy atom. The third kappa shape index (κ3) is 2.41. The molecule has 0 amide bonds. The van der Waals surface area contributed by atoms with Crippen molar-refractivity contribution in [3.8, 4) is 0 Å². The van der Waals surface area contributed by atoms with Crippen molar-refractivity contribution in [3.05, 3.63) is 17.8 Å². The second-order valence-corrected chi connectivity index (χ2v) is 3.66. The van der Waals surface area contributed by atoms with Crippen LogP contribution >= 0.6 is 15.9 Å². The molecule has 0 saturated heterocycles. The van der Waals surface area contributed by atoms with Gasteiger partial charge in [0, 0.05) is 18.4 Å². The average molecular weight is 262 g/mol. The van der Waals surface area contributed by atoms with Gasteiger partial charge >= 0.3 is 0 Å². The Balaban J connectivity index is 2.97. The smallest absolute Gasteiger partial charge is 0.186 e. The lowest BCUT2D eigenvalue weighted by molar-refractivity contribution is 0.593. The van der Waals surface area contributed by atoms with Crippen LogP contribution < -0.4 is 4.90 Å². The van der Waals surface area contributed by atoms with Crippen molar-refractivity contribution in [2.45, 2.75) is 13.8 Å². The molecule has 1 heterocycles. The van der Waals surface area contributed by atoms with Gasteiger partial charge in [0.2, 0.25) is 0 Å². The molecule has 0 aliphatic carbocycles. The van der Waals surface area contributed by atoms with Crippen molar-refractivity contribution in [3.63, 3.8) is 0 Å². The Bertz CT molecular complexity index is 306. The first kappa shape index (κ1) is 11.4. The first-order chi connectivity index (χ1) is 6.70. The van der Waals surface area contributed by atoms with Gasteiger partial charge < -0.3 is 4.90 Å². The van der Waals surface area contributed by atoms with E-state index in [0.29, 0.717) is 11.5 Å². The summed E-state index contributed by atoms with van der Waals surface area (Å²) in [6.07, 6.45) is 1.39. The van der Waals surface area contributed by atoms with Gasteiger partial charge in [0.1, 0.15) is 6.33 Å². The molecule has 0 radical (unpaired) electrons. The van der Waals surface area contributed by atoms with E-state index in [1.165, 1.54) is 6.33 Å². The average Bonchev–Trinajstić information content (AvgIpc) is 2.19. The Morgan fingerprint density at radius 1 is 1.50 bits per heavy atom. The standard InChI is InChI=1S/C9H13BrFN3/c1-3-14(5-4-10)9-8(11)7(2)12-6-13-9/h6H,3-5H2,1-2H3. The fraction of sp³-hybridized carbons (Fsp3) is 0.556. The summed E-state index contributed by atoms with van der Waals surface area (Å²) in [6, 6.07) is 0. The van der Waals surface area contributed by atoms with Crippen LogP contribution in [0.5, 0.6) is 0 Å². The molecular formula is C9H13BrFN3. The summed E-state index contributed by atoms with van der Waals surface area (Å²) in [4.78, 5) is 9.61. The lowest BCUT2D eigenvalue weighted by atomic mass is 10.3. The quantitative estimate of drug-likeness (QED) is 0.778. The number of aryl methyl sites for hydroxylation is 1. The molecule has 1 rings (SSSR count). The second-order valence-electron chi connectivity index (χ2n) is 2.87. The van der Waals surface area contributed by atoms with Gasteiger partial charge in [-0.2, -0.15) is 0 Å². The van der Waals surface area contributed by atoms with Crippen molar-refractivity contribution in [2.24, 2.45) is 0 Å². The van der Waals surface area contributed by atoms with Crippen molar-refractivity contribution in [1.29, 1.82) is 0 Å². The van der Waals surface area contributed by atoms with Crippen LogP contribution in [0.15, 0.2) is 6.33 Å². The number of anilines is 1. The van der Waals surface area contributed by atoms with Crippen LogP contribution in [0.4, 0.5) is 10.2 Å². The number of hydrogen-bond acceptors (Lipinski definition) is 3. The van der Waals surface area contributed by atoms with Crippen LogP contribution in [0.2, 0.25) is 0 Å². The van der Waals surface area contributed by atoms with E-state index >= 15 is 0 Å². The highest BCUT2D eigenvalue weighted by atomic mass is 79.9. The zero-order chi connectivity index (χ0) is 10.6. The maximum atomic E-state index is 13.6. The molecule has 1 aromatic heterocycles. The molecule has 0 atom stereocenters. The summed E-state index contributed by atoms with van der Waals surface area (Å²) in [6.45, 7) is 5.09. The largest absolute Gasteiger partial charge is 0.354 e. The molecule has 1 aromatic rings. The maximum Gasteiger partial charge on any atom is 0.186 e. The maximum absolute atomic E-state index is 13.6. The summed E-state index contributed by atoms with van der Waals surface area (Å²) in [5.74, 6) is 0.0646. The van der Waals surface area contributed by atoms with E-state index in [4.69, 9.17) is 0 Å². The van der Waals surface area contributed by atoms with Crippen LogP contribution in [0.1, 0.15) is 12.6 Å². The molecule has 5 heteroatoms. The topological polar surface area (TPSA) is 29.0 Å². The van der Waals surface area contributed by atoms with E-state index in [1.807, 2.05) is 11.8 Å². The molecule has 0 aliphatic rings. The molecule has 0 fully saturated rings. The van der Waals surface area contributed by atoms with E-state index < -0.39 is 0 Å². The molecule has 0 aromatic carbocycles. The van der Waals surface area contributed by atoms with Crippen LogP contribution in [0.3, 0.4) is 0 Å². The predicted molar refractivity (Wildman–Crippen MR) is 58.4 cm³/mol. The minimum atomic E-state index is -0.324. The van der Waals surface area contributed by atoms with E-state index in [2.05, 4.69) is 25.9 Å². The van der Waals surface area contributed by atoms with Gasteiger partial charge in [-0.3, -0.25) is 0 Å². The van der Waals surface area contributed by atoms with Gasteiger partial charge in [-0.1, -0.05) is 15.9 Å². The third-order valence-corrected chi connectivity index (χ3v) is 2.34. The molecule has 78 valence electrons. The minimum Gasteiger partial charge on any atom is -0.354 e. The van der Waals surface area contributed by atoms with Crippen LogP contribution in [0.25, 0.3) is 0 Å². The fourth-order valence-electron chi connectivity index (χ4n) is 1.18. The SMILES string of the molecule is CCN(CCBr)c1ncnc(C)c1F. The summed E-state index contributed by atoms with van der Waals surface area (Å²) in [5, 5.41) is 0.795. The monoisotopic (exact) mass is 261 g/mol. The van der Waals surface area contributed by atoms with Crippen LogP contribution in [-0.4, -0.2) is 28.4 Å². The molecule has 0 saturated carbocycles. The highest BCUT2D eigenvalue weighted by molar-refractivity contribution is 9.09. The summed E-state index contributed by atoms with van der Waals surface area (Å²) in [5.41, 5.74) is 0.392. The highest BCUT2D eigenvalue weighted by Crippen LogP contribution is 2.16. The highest BCUT2D eigenvalue weighted by Gasteiger charge is 2.13. The zero-order valence-corrected chi connectivity index (χ0v) is 9.88. The second kappa shape index (κ2) is 5.24. The van der Waals surface area contributed by atoms with Gasteiger partial charge in [-0.05, 0) is 13.8 Å². The fourth-order valence-corrected chi connectivity index (χ4v) is 1.61. The number of rotatable bonds is 4. The van der Waals surface area contributed by atoms with Crippen LogP contribution in [0, 0.1) is 12.7 Å². The first-order valence-corrected chi connectivity index (χ1v) is 5.60. The Kier molecular flexibility index (Phi) is 4.25. The molecule has 0 spiro atoms. The number of nitrogens with zero attached hydrogens (tertiary/aromatic N) is 3. The minimum absolute atomic E-state index is 0.324. The summed E-state index contributed by atoms with van der Waals surface area (Å²) < 4.78 is 13.6. The van der Waals surface area contributed by atoms with E-state index in [0.717, 1.165) is 18.4 Å². The predicted octanol–water partition coefficient (Wildman–Crippen LogP) is 2.15. The van der Waals surface area contributed by atoms with Crippen molar-refractivity contribution < 1.29 is 4.39 Å². The number of alkyl halides is 1.